The van der Waals surface area contributed by atoms with Crippen molar-refractivity contribution >= 4 is 6.08 Å². The van der Waals surface area contributed by atoms with Crippen molar-refractivity contribution in [3.63, 3.8) is 0 Å². The minimum Gasteiger partial charge on any atom is -0.334 e. The summed E-state index contributed by atoms with van der Waals surface area (Å²) < 4.78 is 38.4. The van der Waals surface area contributed by atoms with Crippen LogP contribution in [0.5, 0.6) is 0 Å². The lowest BCUT2D eigenvalue weighted by Crippen LogP contribution is -2.05. The van der Waals surface area contributed by atoms with Gasteiger partial charge >= 0.3 is 6.18 Å². The largest absolute Gasteiger partial charge is 0.434 e. The smallest absolute Gasteiger partial charge is 0.334 e. The highest BCUT2D eigenvalue weighted by Gasteiger charge is 2.34. The summed E-state index contributed by atoms with van der Waals surface area (Å²) in [6, 6.07) is 0. The summed E-state index contributed by atoms with van der Waals surface area (Å²) in [6.45, 7) is 5.91. The topological polar surface area (TPSA) is 17.8 Å². The first kappa shape index (κ1) is 12.8. The quantitative estimate of drug-likeness (QED) is 0.724. The highest BCUT2D eigenvalue weighted by Crippen LogP contribution is 2.28. The van der Waals surface area contributed by atoms with Crippen LogP contribution >= 0.6 is 0 Å². The van der Waals surface area contributed by atoms with Crippen LogP contribution < -0.4 is 0 Å². The first-order chi connectivity index (χ1) is 7.09. The van der Waals surface area contributed by atoms with Gasteiger partial charge in [0.15, 0.2) is 5.69 Å². The van der Waals surface area contributed by atoms with Crippen LogP contribution in [-0.2, 0) is 13.2 Å². The molecule has 0 bridgehead atoms. The number of rotatable bonds is 1. The van der Waals surface area contributed by atoms with Gasteiger partial charge in [-0.2, -0.15) is 13.2 Å². The number of aryl methyl sites for hydroxylation is 1. The average molecular weight is 232 g/mol. The Morgan fingerprint density at radius 2 is 1.81 bits per heavy atom. The lowest BCUT2D eigenvalue weighted by Gasteiger charge is -2.10. The average Bonchev–Trinajstić information content (AvgIpc) is 2.41. The van der Waals surface area contributed by atoms with E-state index in [1.54, 1.807) is 13.1 Å². The van der Waals surface area contributed by atoms with Gasteiger partial charge in [0.2, 0.25) is 0 Å². The Morgan fingerprint density at radius 1 is 1.25 bits per heavy atom. The summed E-state index contributed by atoms with van der Waals surface area (Å²) in [5.41, 5.74) is -0.937. The van der Waals surface area contributed by atoms with E-state index in [-0.39, 0.29) is 5.41 Å². The maximum Gasteiger partial charge on any atom is 0.434 e. The molecule has 0 amide bonds. The molecule has 0 aliphatic heterocycles. The maximum atomic E-state index is 12.4. The number of hydrogen-bond donors (Lipinski definition) is 0. The first-order valence-electron chi connectivity index (χ1n) is 4.89. The Kier molecular flexibility index (Phi) is 3.17. The summed E-state index contributed by atoms with van der Waals surface area (Å²) in [4.78, 5) is 3.54. The molecule has 1 rings (SSSR count). The molecular formula is C11H15F3N2. The molecule has 0 spiro atoms. The van der Waals surface area contributed by atoms with E-state index in [1.807, 2.05) is 26.8 Å². The van der Waals surface area contributed by atoms with Crippen molar-refractivity contribution in [2.24, 2.45) is 12.5 Å². The number of allylic oxidation sites excluding steroid dienone is 1. The van der Waals surface area contributed by atoms with Crippen LogP contribution in [0.25, 0.3) is 6.08 Å². The zero-order valence-electron chi connectivity index (χ0n) is 9.76. The first-order valence-corrected chi connectivity index (χ1v) is 4.89. The van der Waals surface area contributed by atoms with Gasteiger partial charge in [0.1, 0.15) is 5.82 Å². The van der Waals surface area contributed by atoms with E-state index >= 15 is 0 Å². The van der Waals surface area contributed by atoms with Gasteiger partial charge in [-0.05, 0) is 11.5 Å². The second-order valence-corrected chi connectivity index (χ2v) is 4.79. The number of nitrogens with zero attached hydrogens (tertiary/aromatic N) is 2. The van der Waals surface area contributed by atoms with E-state index in [9.17, 15) is 13.2 Å². The van der Waals surface area contributed by atoms with E-state index < -0.39 is 11.9 Å². The SMILES string of the molecule is Cn1cc(C(F)(F)F)nc1/C=C/C(C)(C)C. The molecule has 0 aliphatic rings. The molecule has 1 aromatic rings. The van der Waals surface area contributed by atoms with Crippen LogP contribution in [0.15, 0.2) is 12.3 Å². The number of hydrogen-bond acceptors (Lipinski definition) is 1. The summed E-state index contributed by atoms with van der Waals surface area (Å²) in [7, 11) is 1.55. The molecule has 0 radical (unpaired) electrons. The monoisotopic (exact) mass is 232 g/mol. The van der Waals surface area contributed by atoms with Gasteiger partial charge in [0.05, 0.1) is 0 Å². The maximum absolute atomic E-state index is 12.4. The second kappa shape index (κ2) is 3.96. The van der Waals surface area contributed by atoms with Gasteiger partial charge < -0.3 is 4.57 Å². The van der Waals surface area contributed by atoms with Crippen LogP contribution in [0.3, 0.4) is 0 Å². The van der Waals surface area contributed by atoms with Crippen LogP contribution in [0.1, 0.15) is 32.3 Å². The molecule has 1 heterocycles. The van der Waals surface area contributed by atoms with Crippen LogP contribution in [0, 0.1) is 5.41 Å². The predicted octanol–water partition coefficient (Wildman–Crippen LogP) is 3.50. The summed E-state index contributed by atoms with van der Waals surface area (Å²) in [6.07, 6.45) is 0.0403. The standard InChI is InChI=1S/C11H15F3N2/c1-10(2,3)6-5-9-15-8(7-16(9)4)11(12,13)14/h5-7H,1-4H3/b6-5+. The summed E-state index contributed by atoms with van der Waals surface area (Å²) in [5.74, 6) is 0.308. The number of aromatic nitrogens is 2. The lowest BCUT2D eigenvalue weighted by atomic mass is 9.96. The van der Waals surface area contributed by atoms with Crippen molar-refractivity contribution in [2.45, 2.75) is 26.9 Å². The molecule has 90 valence electrons. The molecule has 0 unspecified atom stereocenters. The molecular weight excluding hydrogens is 217 g/mol. The molecule has 16 heavy (non-hydrogen) atoms. The van der Waals surface area contributed by atoms with Gasteiger partial charge in [-0.15, -0.1) is 0 Å². The molecule has 0 saturated carbocycles. The van der Waals surface area contributed by atoms with E-state index in [4.69, 9.17) is 0 Å². The Bertz CT molecular complexity index is 394. The van der Waals surface area contributed by atoms with Crippen molar-refractivity contribution in [3.8, 4) is 0 Å². The second-order valence-electron chi connectivity index (χ2n) is 4.79. The van der Waals surface area contributed by atoms with Crippen molar-refractivity contribution in [1.29, 1.82) is 0 Å². The minimum atomic E-state index is -4.38. The summed E-state index contributed by atoms with van der Waals surface area (Å²) in [5, 5.41) is 0. The minimum absolute atomic E-state index is 0.0790. The highest BCUT2D eigenvalue weighted by atomic mass is 19.4. The molecule has 0 saturated heterocycles. The van der Waals surface area contributed by atoms with Crippen molar-refractivity contribution in [1.82, 2.24) is 9.55 Å². The lowest BCUT2D eigenvalue weighted by molar-refractivity contribution is -0.140. The third-order valence-corrected chi connectivity index (χ3v) is 1.94. The Balaban J connectivity index is 3.00. The van der Waals surface area contributed by atoms with Crippen molar-refractivity contribution < 1.29 is 13.2 Å². The molecule has 0 aliphatic carbocycles. The van der Waals surface area contributed by atoms with E-state index in [0.29, 0.717) is 5.82 Å². The molecule has 5 heteroatoms. The Labute approximate surface area is 92.8 Å². The third-order valence-electron chi connectivity index (χ3n) is 1.94. The summed E-state index contributed by atoms with van der Waals surface area (Å²) >= 11 is 0. The molecule has 1 aromatic heterocycles. The van der Waals surface area contributed by atoms with Crippen molar-refractivity contribution in [2.75, 3.05) is 0 Å². The molecule has 2 nitrogen and oxygen atoms in total. The van der Waals surface area contributed by atoms with Crippen LogP contribution in [0.2, 0.25) is 0 Å². The number of halogens is 3. The normalized spacial score (nSPS) is 13.7. The zero-order chi connectivity index (χ0) is 12.6. The van der Waals surface area contributed by atoms with Crippen molar-refractivity contribution in [3.05, 3.63) is 23.8 Å². The van der Waals surface area contributed by atoms with Gasteiger partial charge in [-0.1, -0.05) is 26.8 Å². The fourth-order valence-corrected chi connectivity index (χ4v) is 1.10. The third kappa shape index (κ3) is 3.40. The Morgan fingerprint density at radius 3 is 2.19 bits per heavy atom. The predicted molar refractivity (Wildman–Crippen MR) is 56.7 cm³/mol. The van der Waals surface area contributed by atoms with E-state index in [2.05, 4.69) is 4.98 Å². The van der Waals surface area contributed by atoms with Crippen LogP contribution in [0.4, 0.5) is 13.2 Å². The Hall–Kier alpha value is -1.26. The van der Waals surface area contributed by atoms with E-state index in [0.717, 1.165) is 6.20 Å². The number of imidazole rings is 1. The molecule has 0 atom stereocenters. The molecule has 0 aromatic carbocycles. The van der Waals surface area contributed by atoms with E-state index in [1.165, 1.54) is 4.57 Å². The zero-order valence-corrected chi connectivity index (χ0v) is 9.76. The highest BCUT2D eigenvalue weighted by molar-refractivity contribution is 5.42. The fourth-order valence-electron chi connectivity index (χ4n) is 1.10. The van der Waals surface area contributed by atoms with Gasteiger partial charge in [0.25, 0.3) is 0 Å². The fraction of sp³-hybridized carbons (Fsp3) is 0.545. The number of alkyl halides is 3. The van der Waals surface area contributed by atoms with Gasteiger partial charge in [-0.3, -0.25) is 0 Å². The van der Waals surface area contributed by atoms with Gasteiger partial charge in [-0.25, -0.2) is 4.98 Å². The van der Waals surface area contributed by atoms with Gasteiger partial charge in [0, 0.05) is 13.2 Å². The molecule has 0 N–H and O–H groups in total. The van der Waals surface area contributed by atoms with Crippen LogP contribution in [-0.4, -0.2) is 9.55 Å². The molecule has 0 fully saturated rings.